The lowest BCUT2D eigenvalue weighted by Crippen LogP contribution is -2.28. The van der Waals surface area contributed by atoms with E-state index < -0.39 is 11.7 Å². The standard InChI is InChI=1S/C15H12ClF3N4O2S/c1-8(11-3-2-4-25-11)20-12(24)7-26-14-22-21-13-10(16)5-9(6-23(13)14)15(17,18)19/h2-6,8H,7H2,1H3,(H,20,24). The molecule has 1 atom stereocenters. The minimum absolute atomic E-state index is 0.0558. The van der Waals surface area contributed by atoms with E-state index in [1.54, 1.807) is 19.1 Å². The molecule has 26 heavy (non-hydrogen) atoms. The number of hydrogen-bond donors (Lipinski definition) is 1. The predicted molar refractivity (Wildman–Crippen MR) is 89.0 cm³/mol. The van der Waals surface area contributed by atoms with Gasteiger partial charge in [0.25, 0.3) is 0 Å². The number of carbonyl (C=O) groups is 1. The maximum absolute atomic E-state index is 12.9. The Bertz CT molecular complexity index is 927. The Hall–Kier alpha value is -2.20. The van der Waals surface area contributed by atoms with Crippen molar-refractivity contribution in [3.05, 3.63) is 47.0 Å². The summed E-state index contributed by atoms with van der Waals surface area (Å²) in [6, 6.07) is 3.89. The zero-order valence-electron chi connectivity index (χ0n) is 13.2. The molecular weight excluding hydrogens is 393 g/mol. The van der Waals surface area contributed by atoms with Crippen LogP contribution >= 0.6 is 23.4 Å². The Balaban J connectivity index is 1.73. The zero-order chi connectivity index (χ0) is 18.9. The van der Waals surface area contributed by atoms with Crippen molar-refractivity contribution in [3.63, 3.8) is 0 Å². The molecule has 0 aromatic carbocycles. The third-order valence-electron chi connectivity index (χ3n) is 3.44. The molecule has 3 heterocycles. The summed E-state index contributed by atoms with van der Waals surface area (Å²) in [6.07, 6.45) is -2.20. The maximum atomic E-state index is 12.9. The van der Waals surface area contributed by atoms with Gasteiger partial charge in [-0.25, -0.2) is 0 Å². The van der Waals surface area contributed by atoms with Crippen LogP contribution in [0.15, 0.2) is 40.2 Å². The summed E-state index contributed by atoms with van der Waals surface area (Å²) < 4.78 is 45.1. The van der Waals surface area contributed by atoms with Crippen LogP contribution in [-0.4, -0.2) is 26.3 Å². The molecule has 3 aromatic rings. The second kappa shape index (κ2) is 7.20. The molecule has 0 saturated heterocycles. The number of pyridine rings is 1. The van der Waals surface area contributed by atoms with Gasteiger partial charge in [-0.3, -0.25) is 9.20 Å². The molecule has 0 spiro atoms. The van der Waals surface area contributed by atoms with E-state index in [1.807, 2.05) is 0 Å². The van der Waals surface area contributed by atoms with Crippen LogP contribution in [0.4, 0.5) is 13.2 Å². The number of thioether (sulfide) groups is 1. The number of alkyl halides is 3. The highest BCUT2D eigenvalue weighted by Gasteiger charge is 2.32. The number of halogens is 4. The summed E-state index contributed by atoms with van der Waals surface area (Å²) in [6.45, 7) is 1.75. The van der Waals surface area contributed by atoms with Crippen LogP contribution in [0.1, 0.15) is 24.3 Å². The van der Waals surface area contributed by atoms with Crippen LogP contribution in [0.25, 0.3) is 5.65 Å². The lowest BCUT2D eigenvalue weighted by Gasteiger charge is -2.11. The van der Waals surface area contributed by atoms with Gasteiger partial charge >= 0.3 is 6.18 Å². The van der Waals surface area contributed by atoms with Crippen molar-refractivity contribution in [3.8, 4) is 0 Å². The zero-order valence-corrected chi connectivity index (χ0v) is 14.8. The lowest BCUT2D eigenvalue weighted by molar-refractivity contribution is -0.137. The molecular formula is C15H12ClF3N4O2S. The van der Waals surface area contributed by atoms with Gasteiger partial charge in [0.2, 0.25) is 5.91 Å². The molecule has 0 fully saturated rings. The highest BCUT2D eigenvalue weighted by atomic mass is 35.5. The summed E-state index contributed by atoms with van der Waals surface area (Å²) >= 11 is 6.80. The maximum Gasteiger partial charge on any atom is 0.417 e. The molecule has 0 aliphatic heterocycles. The summed E-state index contributed by atoms with van der Waals surface area (Å²) in [4.78, 5) is 12.0. The minimum atomic E-state index is -4.56. The van der Waals surface area contributed by atoms with E-state index in [0.717, 1.165) is 28.4 Å². The molecule has 0 saturated carbocycles. The molecule has 0 aliphatic rings. The van der Waals surface area contributed by atoms with E-state index in [9.17, 15) is 18.0 Å². The number of rotatable bonds is 5. The van der Waals surface area contributed by atoms with Crippen molar-refractivity contribution < 1.29 is 22.4 Å². The van der Waals surface area contributed by atoms with Gasteiger partial charge in [-0.2, -0.15) is 13.2 Å². The second-order valence-corrected chi connectivity index (χ2v) is 6.69. The van der Waals surface area contributed by atoms with Gasteiger partial charge in [0.1, 0.15) is 5.76 Å². The largest absolute Gasteiger partial charge is 0.467 e. The van der Waals surface area contributed by atoms with Crippen LogP contribution in [0.3, 0.4) is 0 Å². The van der Waals surface area contributed by atoms with Crippen LogP contribution in [0, 0.1) is 0 Å². The minimum Gasteiger partial charge on any atom is -0.467 e. The first-order chi connectivity index (χ1) is 12.3. The summed E-state index contributed by atoms with van der Waals surface area (Å²) in [5.74, 6) is 0.214. The van der Waals surface area contributed by atoms with E-state index >= 15 is 0 Å². The predicted octanol–water partition coefficient (Wildman–Crippen LogP) is 3.96. The fraction of sp³-hybridized carbons (Fsp3) is 0.267. The Kier molecular flexibility index (Phi) is 5.15. The number of amides is 1. The third kappa shape index (κ3) is 3.96. The fourth-order valence-electron chi connectivity index (χ4n) is 2.21. The van der Waals surface area contributed by atoms with Gasteiger partial charge in [0, 0.05) is 6.20 Å². The Morgan fingerprint density at radius 3 is 2.88 bits per heavy atom. The van der Waals surface area contributed by atoms with E-state index in [2.05, 4.69) is 15.5 Å². The first-order valence-electron chi connectivity index (χ1n) is 7.32. The van der Waals surface area contributed by atoms with Crippen molar-refractivity contribution in [2.45, 2.75) is 24.3 Å². The highest BCUT2D eigenvalue weighted by Crippen LogP contribution is 2.33. The number of hydrogen-bond acceptors (Lipinski definition) is 5. The number of nitrogens with one attached hydrogen (secondary N) is 1. The van der Waals surface area contributed by atoms with Crippen molar-refractivity contribution in [1.29, 1.82) is 0 Å². The molecule has 1 N–H and O–H groups in total. The smallest absolute Gasteiger partial charge is 0.417 e. The van der Waals surface area contributed by atoms with Crippen molar-refractivity contribution >= 4 is 34.9 Å². The molecule has 1 amide bonds. The molecule has 3 rings (SSSR count). The fourth-order valence-corrected chi connectivity index (χ4v) is 3.18. The van der Waals surface area contributed by atoms with Crippen LogP contribution in [-0.2, 0) is 11.0 Å². The highest BCUT2D eigenvalue weighted by molar-refractivity contribution is 7.99. The van der Waals surface area contributed by atoms with Crippen molar-refractivity contribution in [2.75, 3.05) is 5.75 Å². The molecule has 0 radical (unpaired) electrons. The molecule has 3 aromatic heterocycles. The van der Waals surface area contributed by atoms with Gasteiger partial charge in [-0.05, 0) is 25.1 Å². The summed E-state index contributed by atoms with van der Waals surface area (Å²) in [5, 5.41) is 10.3. The topological polar surface area (TPSA) is 72.4 Å². The summed E-state index contributed by atoms with van der Waals surface area (Å²) in [5.41, 5.74) is -0.834. The van der Waals surface area contributed by atoms with Crippen molar-refractivity contribution in [2.24, 2.45) is 0 Å². The third-order valence-corrected chi connectivity index (χ3v) is 4.66. The van der Waals surface area contributed by atoms with E-state index in [-0.39, 0.29) is 33.5 Å². The normalized spacial score (nSPS) is 13.1. The molecule has 0 bridgehead atoms. The van der Waals surface area contributed by atoms with Crippen molar-refractivity contribution in [1.82, 2.24) is 19.9 Å². The van der Waals surface area contributed by atoms with E-state index in [1.165, 1.54) is 6.26 Å². The lowest BCUT2D eigenvalue weighted by atomic mass is 10.2. The van der Waals surface area contributed by atoms with Gasteiger partial charge < -0.3 is 9.73 Å². The van der Waals surface area contributed by atoms with Crippen LogP contribution in [0.2, 0.25) is 5.02 Å². The Morgan fingerprint density at radius 1 is 1.46 bits per heavy atom. The monoisotopic (exact) mass is 404 g/mol. The second-order valence-electron chi connectivity index (χ2n) is 5.34. The molecule has 6 nitrogen and oxygen atoms in total. The number of furan rings is 1. The molecule has 1 unspecified atom stereocenters. The van der Waals surface area contributed by atoms with Gasteiger partial charge in [0.05, 0.1) is 28.6 Å². The van der Waals surface area contributed by atoms with Gasteiger partial charge in [-0.15, -0.1) is 10.2 Å². The molecule has 138 valence electrons. The number of carbonyl (C=O) groups excluding carboxylic acids is 1. The van der Waals surface area contributed by atoms with Gasteiger partial charge in [0.15, 0.2) is 10.8 Å². The number of aromatic nitrogens is 3. The Labute approximate surface area is 154 Å². The average molecular weight is 405 g/mol. The SMILES string of the molecule is CC(NC(=O)CSc1nnc2c(Cl)cc(C(F)(F)F)cn12)c1ccco1. The number of fused-ring (bicyclic) bond motifs is 1. The van der Waals surface area contributed by atoms with E-state index in [0.29, 0.717) is 5.76 Å². The van der Waals surface area contributed by atoms with Crippen LogP contribution < -0.4 is 5.32 Å². The van der Waals surface area contributed by atoms with E-state index in [4.69, 9.17) is 16.0 Å². The Morgan fingerprint density at radius 2 is 2.23 bits per heavy atom. The summed E-state index contributed by atoms with van der Waals surface area (Å²) in [7, 11) is 0. The molecule has 0 aliphatic carbocycles. The number of nitrogens with zero attached hydrogens (tertiary/aromatic N) is 3. The first-order valence-corrected chi connectivity index (χ1v) is 8.69. The molecule has 11 heteroatoms. The van der Waals surface area contributed by atoms with Crippen LogP contribution in [0.5, 0.6) is 0 Å². The quantitative estimate of drug-likeness (QED) is 0.651. The first kappa shape index (κ1) is 18.6. The average Bonchev–Trinajstić information content (AvgIpc) is 3.22. The van der Waals surface area contributed by atoms with Gasteiger partial charge in [-0.1, -0.05) is 23.4 Å².